The van der Waals surface area contributed by atoms with Crippen molar-refractivity contribution in [3.8, 4) is 11.5 Å². The van der Waals surface area contributed by atoms with Crippen molar-refractivity contribution in [3.05, 3.63) is 24.3 Å². The Morgan fingerprint density at radius 2 is 1.62 bits per heavy atom. The van der Waals surface area contributed by atoms with Crippen molar-refractivity contribution in [2.75, 3.05) is 0 Å². The van der Waals surface area contributed by atoms with E-state index >= 15 is 0 Å². The third kappa shape index (κ3) is 2.17. The van der Waals surface area contributed by atoms with E-state index in [-0.39, 0.29) is 6.40 Å². The van der Waals surface area contributed by atoms with Crippen LogP contribution in [0.25, 0.3) is 0 Å². The third-order valence-corrected chi connectivity index (χ3v) is 4.42. The largest absolute Gasteiger partial charge is 0.672 e. The molecule has 3 rings (SSSR count). The summed E-state index contributed by atoms with van der Waals surface area (Å²) in [5, 5.41) is 0.716. The molecule has 16 heavy (non-hydrogen) atoms. The molecule has 0 spiro atoms. The van der Waals surface area contributed by atoms with Crippen LogP contribution in [0, 0.1) is 0 Å². The minimum Gasteiger partial charge on any atom is -0.514 e. The van der Waals surface area contributed by atoms with Crippen LogP contribution in [0.15, 0.2) is 24.3 Å². The quantitative estimate of drug-likeness (QED) is 0.729. The van der Waals surface area contributed by atoms with E-state index in [1.807, 2.05) is 35.9 Å². The minimum atomic E-state index is -0.125. The first-order valence-electron chi connectivity index (χ1n) is 5.99. The minimum absolute atomic E-state index is 0.125. The van der Waals surface area contributed by atoms with Crippen LogP contribution in [0.4, 0.5) is 0 Å². The molecule has 0 saturated heterocycles. The van der Waals surface area contributed by atoms with Crippen LogP contribution in [0.5, 0.6) is 11.5 Å². The van der Waals surface area contributed by atoms with E-state index < -0.39 is 0 Å². The van der Waals surface area contributed by atoms with Gasteiger partial charge < -0.3 is 9.31 Å². The molecule has 1 fully saturated rings. The molecule has 1 saturated carbocycles. The number of hydrogen-bond donors (Lipinski definition) is 0. The molecule has 0 unspecified atom stereocenters. The van der Waals surface area contributed by atoms with Crippen LogP contribution in [0.3, 0.4) is 0 Å². The summed E-state index contributed by atoms with van der Waals surface area (Å²) in [6.45, 7) is 0. The van der Waals surface area contributed by atoms with Crippen molar-refractivity contribution in [2.45, 2.75) is 37.4 Å². The van der Waals surface area contributed by atoms with Crippen molar-refractivity contribution in [3.63, 3.8) is 0 Å². The molecule has 2 nitrogen and oxygen atoms in total. The molecule has 1 aromatic rings. The lowest BCUT2D eigenvalue weighted by atomic mass is 10.0. The van der Waals surface area contributed by atoms with Gasteiger partial charge in [0, 0.05) is 5.25 Å². The highest BCUT2D eigenvalue weighted by Gasteiger charge is 2.35. The third-order valence-electron chi connectivity index (χ3n) is 3.15. The first-order chi connectivity index (χ1) is 7.92. The van der Waals surface area contributed by atoms with Gasteiger partial charge in [0.1, 0.15) is 11.5 Å². The maximum Gasteiger partial charge on any atom is 0.672 e. The summed E-state index contributed by atoms with van der Waals surface area (Å²) in [5.74, 6) is 1.77. The average molecular weight is 234 g/mol. The lowest BCUT2D eigenvalue weighted by Crippen LogP contribution is -2.25. The molecule has 4 heteroatoms. The van der Waals surface area contributed by atoms with Gasteiger partial charge in [-0.25, -0.2) is 0 Å². The molecule has 2 aliphatic rings. The standard InChI is InChI=1S/C12H15BO2S/c1-2-6-10(7-3-1)16-13-14-11-8-4-5-9-12(11)15-13/h4-5,8-10H,1-3,6-7H2. The van der Waals surface area contributed by atoms with Gasteiger partial charge in [-0.2, -0.15) is 0 Å². The number of fused-ring (bicyclic) bond motifs is 1. The molecule has 0 amide bonds. The molecule has 0 aromatic heterocycles. The molecule has 0 atom stereocenters. The molecular weight excluding hydrogens is 219 g/mol. The number of hydrogen-bond acceptors (Lipinski definition) is 3. The zero-order chi connectivity index (χ0) is 10.8. The highest BCUT2D eigenvalue weighted by Crippen LogP contribution is 2.38. The van der Waals surface area contributed by atoms with Crippen molar-refractivity contribution in [2.24, 2.45) is 0 Å². The van der Waals surface area contributed by atoms with Gasteiger partial charge in [0.05, 0.1) is 0 Å². The normalized spacial score (nSPS) is 20.1. The lowest BCUT2D eigenvalue weighted by molar-refractivity contribution is 0.508. The van der Waals surface area contributed by atoms with Crippen LogP contribution in [0.1, 0.15) is 32.1 Å². The Morgan fingerprint density at radius 1 is 1.00 bits per heavy atom. The van der Waals surface area contributed by atoms with Gasteiger partial charge in [0.2, 0.25) is 0 Å². The topological polar surface area (TPSA) is 18.5 Å². The Labute approximate surface area is 101 Å². The second-order valence-electron chi connectivity index (χ2n) is 4.37. The highest BCUT2D eigenvalue weighted by molar-refractivity contribution is 8.24. The molecule has 0 radical (unpaired) electrons. The average Bonchev–Trinajstić information content (AvgIpc) is 2.72. The molecule has 1 aromatic carbocycles. The van der Waals surface area contributed by atoms with Crippen LogP contribution in [0.2, 0.25) is 0 Å². The highest BCUT2D eigenvalue weighted by atomic mass is 32.2. The predicted molar refractivity (Wildman–Crippen MR) is 67.9 cm³/mol. The molecular formula is C12H15BO2S. The Morgan fingerprint density at radius 3 is 2.25 bits per heavy atom. The van der Waals surface area contributed by atoms with Gasteiger partial charge in [-0.15, -0.1) is 11.6 Å². The summed E-state index contributed by atoms with van der Waals surface area (Å²) in [4.78, 5) is 0. The maximum atomic E-state index is 5.75. The molecule has 0 N–H and O–H groups in total. The van der Waals surface area contributed by atoms with Crippen LogP contribution >= 0.6 is 11.6 Å². The van der Waals surface area contributed by atoms with E-state index in [2.05, 4.69) is 0 Å². The van der Waals surface area contributed by atoms with Gasteiger partial charge in [0.25, 0.3) is 0 Å². The summed E-state index contributed by atoms with van der Waals surface area (Å²) < 4.78 is 11.5. The van der Waals surface area contributed by atoms with Crippen molar-refractivity contribution in [1.29, 1.82) is 0 Å². The fourth-order valence-electron chi connectivity index (χ4n) is 2.29. The summed E-state index contributed by atoms with van der Waals surface area (Å²) in [7, 11) is 0. The fourth-order valence-corrected chi connectivity index (χ4v) is 3.53. The molecule has 1 aliphatic carbocycles. The van der Waals surface area contributed by atoms with E-state index in [9.17, 15) is 0 Å². The molecule has 0 bridgehead atoms. The van der Waals surface area contributed by atoms with E-state index in [0.29, 0.717) is 5.25 Å². The first-order valence-corrected chi connectivity index (χ1v) is 6.94. The Bertz CT molecular complexity index is 341. The molecule has 1 heterocycles. The van der Waals surface area contributed by atoms with E-state index in [1.54, 1.807) is 0 Å². The predicted octanol–water partition coefficient (Wildman–Crippen LogP) is 3.51. The summed E-state index contributed by atoms with van der Waals surface area (Å²) in [6, 6.07) is 7.90. The maximum absolute atomic E-state index is 5.75. The number of rotatable bonds is 2. The monoisotopic (exact) mass is 234 g/mol. The summed E-state index contributed by atoms with van der Waals surface area (Å²) >= 11 is 1.84. The molecule has 1 aliphatic heterocycles. The van der Waals surface area contributed by atoms with E-state index in [1.165, 1.54) is 32.1 Å². The second-order valence-corrected chi connectivity index (χ2v) is 5.69. The van der Waals surface area contributed by atoms with E-state index in [4.69, 9.17) is 9.31 Å². The van der Waals surface area contributed by atoms with Crippen molar-refractivity contribution < 1.29 is 9.31 Å². The first kappa shape index (κ1) is 10.4. The van der Waals surface area contributed by atoms with Gasteiger partial charge in [-0.3, -0.25) is 0 Å². The zero-order valence-corrected chi connectivity index (χ0v) is 10.0. The number of benzene rings is 1. The summed E-state index contributed by atoms with van der Waals surface area (Å²) in [5.41, 5.74) is 0. The zero-order valence-electron chi connectivity index (χ0n) is 9.22. The SMILES string of the molecule is c1ccc2c(c1)OB(SC1CCCCC1)O2. The van der Waals surface area contributed by atoms with Gasteiger partial charge in [-0.05, 0) is 25.0 Å². The van der Waals surface area contributed by atoms with Gasteiger partial charge in [-0.1, -0.05) is 31.4 Å². The second kappa shape index (κ2) is 4.62. The Kier molecular flexibility index (Phi) is 3.00. The Hall–Kier alpha value is -0.765. The van der Waals surface area contributed by atoms with Crippen LogP contribution < -0.4 is 9.31 Å². The lowest BCUT2D eigenvalue weighted by Gasteiger charge is -2.21. The Balaban J connectivity index is 1.59. The van der Waals surface area contributed by atoms with E-state index in [0.717, 1.165) is 11.5 Å². The summed E-state index contributed by atoms with van der Waals surface area (Å²) in [6.07, 6.45) is 6.60. The van der Waals surface area contributed by atoms with Gasteiger partial charge in [0.15, 0.2) is 0 Å². The smallest absolute Gasteiger partial charge is 0.514 e. The van der Waals surface area contributed by atoms with Crippen molar-refractivity contribution in [1.82, 2.24) is 0 Å². The van der Waals surface area contributed by atoms with Crippen molar-refractivity contribution >= 4 is 18.0 Å². The molecule has 84 valence electrons. The van der Waals surface area contributed by atoms with Crippen LogP contribution in [-0.4, -0.2) is 11.6 Å². The number of para-hydroxylation sites is 2. The van der Waals surface area contributed by atoms with Crippen LogP contribution in [-0.2, 0) is 0 Å². The fraction of sp³-hybridized carbons (Fsp3) is 0.500. The van der Waals surface area contributed by atoms with Gasteiger partial charge >= 0.3 is 6.40 Å².